The molecule has 0 bridgehead atoms. The molecule has 0 aliphatic rings. The van der Waals surface area contributed by atoms with Gasteiger partial charge in [0, 0.05) is 0 Å². The van der Waals surface area contributed by atoms with Gasteiger partial charge >= 0.3 is 0 Å². The van der Waals surface area contributed by atoms with E-state index in [1.54, 1.807) is 0 Å². The Kier molecular flexibility index (Phi) is 5.02. The minimum atomic E-state index is 0.254. The highest BCUT2D eigenvalue weighted by atomic mass is 16.3. The van der Waals surface area contributed by atoms with E-state index in [0.717, 1.165) is 30.9 Å². The van der Waals surface area contributed by atoms with Crippen LogP contribution in [0.3, 0.4) is 0 Å². The maximum atomic E-state index is 5.82. The Morgan fingerprint density at radius 1 is 1.10 bits per heavy atom. The average Bonchev–Trinajstić information content (AvgIpc) is 2.85. The zero-order valence-electron chi connectivity index (χ0n) is 13.0. The van der Waals surface area contributed by atoms with Crippen molar-refractivity contribution in [2.45, 2.75) is 46.6 Å². The summed E-state index contributed by atoms with van der Waals surface area (Å²) in [5.41, 5.74) is 4.06. The molecule has 1 N–H and O–H groups in total. The molecular weight excluding hydrogens is 246 g/mol. The van der Waals surface area contributed by atoms with E-state index >= 15 is 0 Å². The number of benzene rings is 1. The first kappa shape index (κ1) is 14.9. The SMILES string of the molecule is CCCNC(Cc1cc(C)ccc1C)c1ccc(C)o1. The first-order valence-corrected chi connectivity index (χ1v) is 7.46. The van der Waals surface area contributed by atoms with Crippen molar-refractivity contribution < 1.29 is 4.42 Å². The van der Waals surface area contributed by atoms with E-state index in [1.807, 2.05) is 13.0 Å². The van der Waals surface area contributed by atoms with Crippen LogP contribution in [0.4, 0.5) is 0 Å². The fourth-order valence-corrected chi connectivity index (χ4v) is 2.47. The molecule has 1 aromatic heterocycles. The smallest absolute Gasteiger partial charge is 0.121 e. The zero-order valence-corrected chi connectivity index (χ0v) is 13.0. The summed E-state index contributed by atoms with van der Waals surface area (Å²) in [7, 11) is 0. The number of furan rings is 1. The van der Waals surface area contributed by atoms with Crippen LogP contribution in [0, 0.1) is 20.8 Å². The van der Waals surface area contributed by atoms with Gasteiger partial charge in [0.2, 0.25) is 0 Å². The van der Waals surface area contributed by atoms with Crippen molar-refractivity contribution in [1.29, 1.82) is 0 Å². The Balaban J connectivity index is 2.21. The summed E-state index contributed by atoms with van der Waals surface area (Å²) in [4.78, 5) is 0. The molecule has 108 valence electrons. The van der Waals surface area contributed by atoms with Crippen LogP contribution >= 0.6 is 0 Å². The highest BCUT2D eigenvalue weighted by Gasteiger charge is 2.16. The van der Waals surface area contributed by atoms with Gasteiger partial charge in [-0.2, -0.15) is 0 Å². The predicted molar refractivity (Wildman–Crippen MR) is 84.1 cm³/mol. The zero-order chi connectivity index (χ0) is 14.5. The molecule has 1 aromatic carbocycles. The minimum Gasteiger partial charge on any atom is -0.465 e. The topological polar surface area (TPSA) is 25.2 Å². The molecule has 0 aliphatic carbocycles. The van der Waals surface area contributed by atoms with Crippen molar-refractivity contribution in [3.63, 3.8) is 0 Å². The van der Waals surface area contributed by atoms with Gasteiger partial charge in [-0.15, -0.1) is 0 Å². The Morgan fingerprint density at radius 2 is 1.90 bits per heavy atom. The summed E-state index contributed by atoms with van der Waals surface area (Å²) >= 11 is 0. The molecule has 2 nitrogen and oxygen atoms in total. The van der Waals surface area contributed by atoms with Crippen LogP contribution in [-0.2, 0) is 6.42 Å². The van der Waals surface area contributed by atoms with E-state index in [4.69, 9.17) is 4.42 Å². The highest BCUT2D eigenvalue weighted by Crippen LogP contribution is 2.23. The third kappa shape index (κ3) is 3.73. The summed E-state index contributed by atoms with van der Waals surface area (Å²) in [5, 5.41) is 3.60. The van der Waals surface area contributed by atoms with Crippen molar-refractivity contribution in [2.24, 2.45) is 0 Å². The van der Waals surface area contributed by atoms with Crippen molar-refractivity contribution in [2.75, 3.05) is 6.54 Å². The van der Waals surface area contributed by atoms with E-state index in [-0.39, 0.29) is 6.04 Å². The second kappa shape index (κ2) is 6.76. The Bertz CT molecular complexity index is 556. The van der Waals surface area contributed by atoms with Crippen LogP contribution in [0.25, 0.3) is 0 Å². The fraction of sp³-hybridized carbons (Fsp3) is 0.444. The third-order valence-corrected chi connectivity index (χ3v) is 3.67. The van der Waals surface area contributed by atoms with Gasteiger partial charge in [0.25, 0.3) is 0 Å². The maximum absolute atomic E-state index is 5.82. The van der Waals surface area contributed by atoms with Crippen LogP contribution in [0.5, 0.6) is 0 Å². The monoisotopic (exact) mass is 271 g/mol. The molecular formula is C18H25NO. The summed E-state index contributed by atoms with van der Waals surface area (Å²) in [6, 6.07) is 11.0. The number of rotatable bonds is 6. The van der Waals surface area contributed by atoms with Crippen molar-refractivity contribution in [3.05, 3.63) is 58.5 Å². The standard InChI is InChI=1S/C18H25NO/c1-5-10-19-17(18-9-8-15(4)20-18)12-16-11-13(2)6-7-14(16)3/h6-9,11,17,19H,5,10,12H2,1-4H3. The molecule has 0 spiro atoms. The van der Waals surface area contributed by atoms with Crippen molar-refractivity contribution >= 4 is 0 Å². The molecule has 20 heavy (non-hydrogen) atoms. The van der Waals surface area contributed by atoms with Gasteiger partial charge in [0.05, 0.1) is 6.04 Å². The molecule has 1 atom stereocenters. The molecule has 2 aromatic rings. The van der Waals surface area contributed by atoms with E-state index in [0.29, 0.717) is 0 Å². The van der Waals surface area contributed by atoms with Gasteiger partial charge in [-0.05, 0) is 63.4 Å². The molecule has 0 radical (unpaired) electrons. The van der Waals surface area contributed by atoms with Gasteiger partial charge < -0.3 is 9.73 Å². The van der Waals surface area contributed by atoms with Gasteiger partial charge in [0.15, 0.2) is 0 Å². The molecule has 2 heteroatoms. The van der Waals surface area contributed by atoms with E-state index in [9.17, 15) is 0 Å². The highest BCUT2D eigenvalue weighted by molar-refractivity contribution is 5.32. The van der Waals surface area contributed by atoms with Gasteiger partial charge in [0.1, 0.15) is 11.5 Å². The first-order valence-electron chi connectivity index (χ1n) is 7.46. The fourth-order valence-electron chi connectivity index (χ4n) is 2.47. The van der Waals surface area contributed by atoms with Crippen LogP contribution in [0.2, 0.25) is 0 Å². The van der Waals surface area contributed by atoms with Gasteiger partial charge in [-0.25, -0.2) is 0 Å². The lowest BCUT2D eigenvalue weighted by atomic mass is 9.97. The number of hydrogen-bond acceptors (Lipinski definition) is 2. The summed E-state index contributed by atoms with van der Waals surface area (Å²) in [6.45, 7) is 9.52. The van der Waals surface area contributed by atoms with Crippen molar-refractivity contribution in [1.82, 2.24) is 5.32 Å². The molecule has 0 fully saturated rings. The van der Waals surface area contributed by atoms with E-state index in [1.165, 1.54) is 16.7 Å². The molecule has 0 saturated carbocycles. The number of aryl methyl sites for hydroxylation is 3. The summed E-state index contributed by atoms with van der Waals surface area (Å²) in [5.74, 6) is 2.01. The summed E-state index contributed by atoms with van der Waals surface area (Å²) in [6.07, 6.45) is 2.10. The van der Waals surface area contributed by atoms with Gasteiger partial charge in [-0.3, -0.25) is 0 Å². The predicted octanol–water partition coefficient (Wildman–Crippen LogP) is 4.49. The average molecular weight is 271 g/mol. The maximum Gasteiger partial charge on any atom is 0.121 e. The molecule has 0 amide bonds. The third-order valence-electron chi connectivity index (χ3n) is 3.67. The molecule has 1 unspecified atom stereocenters. The molecule has 2 rings (SSSR count). The van der Waals surface area contributed by atoms with Crippen molar-refractivity contribution in [3.8, 4) is 0 Å². The van der Waals surface area contributed by atoms with Crippen LogP contribution in [-0.4, -0.2) is 6.54 Å². The lowest BCUT2D eigenvalue weighted by molar-refractivity contribution is 0.398. The minimum absolute atomic E-state index is 0.254. The second-order valence-electron chi connectivity index (χ2n) is 5.59. The lowest BCUT2D eigenvalue weighted by Gasteiger charge is -2.18. The van der Waals surface area contributed by atoms with Crippen LogP contribution < -0.4 is 5.32 Å². The van der Waals surface area contributed by atoms with Crippen LogP contribution in [0.1, 0.15) is 47.6 Å². The largest absolute Gasteiger partial charge is 0.465 e. The van der Waals surface area contributed by atoms with Gasteiger partial charge in [-0.1, -0.05) is 30.7 Å². The Labute approximate surface area is 122 Å². The Hall–Kier alpha value is -1.54. The molecule has 1 heterocycles. The van der Waals surface area contributed by atoms with E-state index in [2.05, 4.69) is 50.4 Å². The van der Waals surface area contributed by atoms with E-state index < -0.39 is 0 Å². The number of hydrogen-bond donors (Lipinski definition) is 1. The number of nitrogens with one attached hydrogen (secondary N) is 1. The first-order chi connectivity index (χ1) is 9.60. The molecule has 0 aliphatic heterocycles. The lowest BCUT2D eigenvalue weighted by Crippen LogP contribution is -2.24. The normalized spacial score (nSPS) is 12.6. The quantitative estimate of drug-likeness (QED) is 0.837. The second-order valence-corrected chi connectivity index (χ2v) is 5.59. The summed E-state index contributed by atoms with van der Waals surface area (Å²) < 4.78 is 5.82. The molecule has 0 saturated heterocycles. The Morgan fingerprint density at radius 3 is 2.55 bits per heavy atom. The van der Waals surface area contributed by atoms with Crippen LogP contribution in [0.15, 0.2) is 34.7 Å².